The summed E-state index contributed by atoms with van der Waals surface area (Å²) < 4.78 is 13.0. The van der Waals surface area contributed by atoms with Crippen LogP contribution in [-0.2, 0) is 4.79 Å². The Bertz CT molecular complexity index is 490. The molecule has 0 aliphatic carbocycles. The molecule has 4 nitrogen and oxygen atoms in total. The molecule has 0 aromatic heterocycles. The highest BCUT2D eigenvalue weighted by Gasteiger charge is 2.19. The third-order valence-electron chi connectivity index (χ3n) is 3.76. The Balaban J connectivity index is 1.73. The number of halogens is 2. The van der Waals surface area contributed by atoms with Crippen molar-refractivity contribution in [3.63, 3.8) is 0 Å². The standard InChI is InChI=1S/C15H21ClFN3O/c1-2-19-7-9-20(10-8-19)15(21)5-6-18-12-3-4-14(17)13(16)11-12/h3-4,11,18H,2,5-10H2,1H3. The number of carbonyl (C=O) groups is 1. The van der Waals surface area contributed by atoms with Crippen LogP contribution < -0.4 is 5.32 Å². The molecule has 0 bridgehead atoms. The number of hydrogen-bond acceptors (Lipinski definition) is 3. The molecule has 1 aromatic rings. The van der Waals surface area contributed by atoms with Crippen molar-refractivity contribution < 1.29 is 9.18 Å². The quantitative estimate of drug-likeness (QED) is 0.907. The van der Waals surface area contributed by atoms with E-state index in [0.717, 1.165) is 38.4 Å². The second-order valence-corrected chi connectivity index (χ2v) is 5.53. The summed E-state index contributed by atoms with van der Waals surface area (Å²) in [7, 11) is 0. The zero-order valence-corrected chi connectivity index (χ0v) is 13.0. The first-order valence-electron chi connectivity index (χ1n) is 7.29. The molecule has 0 atom stereocenters. The van der Waals surface area contributed by atoms with Gasteiger partial charge in [-0.1, -0.05) is 18.5 Å². The van der Waals surface area contributed by atoms with Crippen LogP contribution in [0.1, 0.15) is 13.3 Å². The number of rotatable bonds is 5. The van der Waals surface area contributed by atoms with Gasteiger partial charge in [-0.25, -0.2) is 4.39 Å². The average molecular weight is 314 g/mol. The van der Waals surface area contributed by atoms with E-state index in [1.54, 1.807) is 6.07 Å². The van der Waals surface area contributed by atoms with Gasteiger partial charge in [0.25, 0.3) is 0 Å². The Labute approximate surface area is 129 Å². The smallest absolute Gasteiger partial charge is 0.224 e. The van der Waals surface area contributed by atoms with Crippen molar-refractivity contribution in [2.45, 2.75) is 13.3 Å². The van der Waals surface area contributed by atoms with Crippen LogP contribution >= 0.6 is 11.6 Å². The monoisotopic (exact) mass is 313 g/mol. The molecule has 0 unspecified atom stereocenters. The fourth-order valence-corrected chi connectivity index (χ4v) is 2.57. The lowest BCUT2D eigenvalue weighted by Gasteiger charge is -2.34. The summed E-state index contributed by atoms with van der Waals surface area (Å²) in [6.07, 6.45) is 0.432. The third-order valence-corrected chi connectivity index (χ3v) is 4.05. The molecule has 116 valence electrons. The van der Waals surface area contributed by atoms with Crippen molar-refractivity contribution in [1.29, 1.82) is 0 Å². The van der Waals surface area contributed by atoms with Gasteiger partial charge >= 0.3 is 0 Å². The summed E-state index contributed by atoms with van der Waals surface area (Å²) in [5.74, 6) is -0.279. The van der Waals surface area contributed by atoms with Gasteiger partial charge in [-0.15, -0.1) is 0 Å². The van der Waals surface area contributed by atoms with Crippen molar-refractivity contribution in [3.05, 3.63) is 29.0 Å². The number of amides is 1. The van der Waals surface area contributed by atoms with E-state index in [1.807, 2.05) is 4.90 Å². The van der Waals surface area contributed by atoms with Crippen LogP contribution in [0.2, 0.25) is 5.02 Å². The molecule has 1 N–H and O–H groups in total. The highest BCUT2D eigenvalue weighted by molar-refractivity contribution is 6.31. The van der Waals surface area contributed by atoms with E-state index >= 15 is 0 Å². The van der Waals surface area contributed by atoms with Crippen molar-refractivity contribution in [2.75, 3.05) is 44.6 Å². The molecule has 2 rings (SSSR count). The molecule has 1 aliphatic heterocycles. The minimum Gasteiger partial charge on any atom is -0.384 e. The van der Waals surface area contributed by atoms with Gasteiger partial charge in [-0.3, -0.25) is 4.79 Å². The minimum absolute atomic E-state index is 0.0852. The van der Waals surface area contributed by atoms with Crippen LogP contribution in [0.5, 0.6) is 0 Å². The maximum absolute atomic E-state index is 13.0. The Morgan fingerprint density at radius 2 is 2.05 bits per heavy atom. The molecule has 1 aromatic carbocycles. The highest BCUT2D eigenvalue weighted by Crippen LogP contribution is 2.19. The number of benzene rings is 1. The van der Waals surface area contributed by atoms with E-state index in [-0.39, 0.29) is 10.9 Å². The van der Waals surface area contributed by atoms with Gasteiger partial charge in [0.15, 0.2) is 0 Å². The zero-order chi connectivity index (χ0) is 15.2. The van der Waals surface area contributed by atoms with Gasteiger partial charge in [0, 0.05) is 44.8 Å². The molecule has 0 radical (unpaired) electrons. The van der Waals surface area contributed by atoms with Crippen LogP contribution in [0.4, 0.5) is 10.1 Å². The second kappa shape index (κ2) is 7.61. The Morgan fingerprint density at radius 1 is 1.33 bits per heavy atom. The molecule has 6 heteroatoms. The molecule has 1 aliphatic rings. The highest BCUT2D eigenvalue weighted by atomic mass is 35.5. The first-order chi connectivity index (χ1) is 10.1. The van der Waals surface area contributed by atoms with Crippen LogP contribution in [-0.4, -0.2) is 55.0 Å². The predicted octanol–water partition coefficient (Wildman–Crippen LogP) is 2.45. The van der Waals surface area contributed by atoms with E-state index in [1.165, 1.54) is 12.1 Å². The summed E-state index contributed by atoms with van der Waals surface area (Å²) in [6.45, 7) is 7.19. The molecular weight excluding hydrogens is 293 g/mol. The lowest BCUT2D eigenvalue weighted by molar-refractivity contribution is -0.132. The Kier molecular flexibility index (Phi) is 5.82. The molecule has 1 saturated heterocycles. The van der Waals surface area contributed by atoms with Crippen molar-refractivity contribution in [1.82, 2.24) is 9.80 Å². The molecule has 1 amide bonds. The number of nitrogens with one attached hydrogen (secondary N) is 1. The molecule has 0 saturated carbocycles. The summed E-state index contributed by atoms with van der Waals surface area (Å²) in [5.41, 5.74) is 0.727. The number of anilines is 1. The third kappa shape index (κ3) is 4.58. The first kappa shape index (κ1) is 16.0. The van der Waals surface area contributed by atoms with Crippen LogP contribution in [0.25, 0.3) is 0 Å². The number of nitrogens with zero attached hydrogens (tertiary/aromatic N) is 2. The largest absolute Gasteiger partial charge is 0.384 e. The molecule has 1 heterocycles. The predicted molar refractivity (Wildman–Crippen MR) is 83.2 cm³/mol. The van der Waals surface area contributed by atoms with Gasteiger partial charge in [-0.05, 0) is 24.7 Å². The van der Waals surface area contributed by atoms with Crippen molar-refractivity contribution in [3.8, 4) is 0 Å². The van der Waals surface area contributed by atoms with E-state index in [4.69, 9.17) is 11.6 Å². The second-order valence-electron chi connectivity index (χ2n) is 5.12. The number of likely N-dealkylation sites (N-methyl/N-ethyl adjacent to an activating group) is 1. The molecule has 0 spiro atoms. The van der Waals surface area contributed by atoms with E-state index in [0.29, 0.717) is 13.0 Å². The van der Waals surface area contributed by atoms with E-state index in [2.05, 4.69) is 17.1 Å². The zero-order valence-electron chi connectivity index (χ0n) is 12.2. The normalized spacial score (nSPS) is 16.0. The number of piperazine rings is 1. The van der Waals surface area contributed by atoms with Crippen LogP contribution in [0, 0.1) is 5.82 Å². The number of carbonyl (C=O) groups excluding carboxylic acids is 1. The van der Waals surface area contributed by atoms with Crippen LogP contribution in [0.15, 0.2) is 18.2 Å². The van der Waals surface area contributed by atoms with Gasteiger partial charge in [0.2, 0.25) is 5.91 Å². The maximum atomic E-state index is 13.0. The fourth-order valence-electron chi connectivity index (χ4n) is 2.39. The van der Waals surface area contributed by atoms with Gasteiger partial charge in [-0.2, -0.15) is 0 Å². The summed E-state index contributed by atoms with van der Waals surface area (Å²) in [5, 5.41) is 3.18. The summed E-state index contributed by atoms with van der Waals surface area (Å²) in [4.78, 5) is 16.3. The molecule has 1 fully saturated rings. The van der Waals surface area contributed by atoms with Gasteiger partial charge in [0.1, 0.15) is 5.82 Å². The van der Waals surface area contributed by atoms with Gasteiger partial charge < -0.3 is 15.1 Å². The van der Waals surface area contributed by atoms with E-state index < -0.39 is 5.82 Å². The average Bonchev–Trinajstić information content (AvgIpc) is 2.51. The van der Waals surface area contributed by atoms with Crippen LogP contribution in [0.3, 0.4) is 0 Å². The first-order valence-corrected chi connectivity index (χ1v) is 7.67. The fraction of sp³-hybridized carbons (Fsp3) is 0.533. The number of hydrogen-bond donors (Lipinski definition) is 1. The molecular formula is C15H21ClFN3O. The summed E-state index contributed by atoms with van der Waals surface area (Å²) >= 11 is 5.71. The lowest BCUT2D eigenvalue weighted by Crippen LogP contribution is -2.48. The summed E-state index contributed by atoms with van der Waals surface area (Å²) in [6, 6.07) is 4.46. The minimum atomic E-state index is -0.438. The lowest BCUT2D eigenvalue weighted by atomic mass is 10.2. The van der Waals surface area contributed by atoms with Gasteiger partial charge in [0.05, 0.1) is 5.02 Å². The maximum Gasteiger partial charge on any atom is 0.224 e. The molecule has 21 heavy (non-hydrogen) atoms. The Morgan fingerprint density at radius 3 is 2.67 bits per heavy atom. The van der Waals surface area contributed by atoms with Crippen molar-refractivity contribution in [2.24, 2.45) is 0 Å². The van der Waals surface area contributed by atoms with Crippen molar-refractivity contribution >= 4 is 23.2 Å². The Hall–Kier alpha value is -1.33. The van der Waals surface area contributed by atoms with E-state index in [9.17, 15) is 9.18 Å². The topological polar surface area (TPSA) is 35.6 Å². The SMILES string of the molecule is CCN1CCN(C(=O)CCNc2ccc(F)c(Cl)c2)CC1.